The average Bonchev–Trinajstić information content (AvgIpc) is 3.03. The third-order valence-corrected chi connectivity index (χ3v) is 9.86. The average molecular weight is 695 g/mol. The summed E-state index contributed by atoms with van der Waals surface area (Å²) in [5.41, 5.74) is 2.60. The fourth-order valence-corrected chi connectivity index (χ4v) is 6.43. The molecule has 0 saturated heterocycles. The Labute approximate surface area is 273 Å². The van der Waals surface area contributed by atoms with Crippen molar-refractivity contribution in [2.24, 2.45) is 0 Å². The quantitative estimate of drug-likeness (QED) is 0.170. The van der Waals surface area contributed by atoms with Gasteiger partial charge in [0.25, 0.3) is 10.0 Å². The fraction of sp³-hybridized carbons (Fsp3) is 0.257. The minimum absolute atomic E-state index is 0.0317. The number of amides is 2. The topological polar surface area (TPSA) is 86.8 Å². The van der Waals surface area contributed by atoms with Gasteiger partial charge in [0.2, 0.25) is 11.8 Å². The van der Waals surface area contributed by atoms with Crippen LogP contribution in [0.3, 0.4) is 0 Å². The third kappa shape index (κ3) is 9.02. The van der Waals surface area contributed by atoms with Crippen LogP contribution < -0.4 is 9.62 Å². The van der Waals surface area contributed by atoms with E-state index >= 15 is 0 Å². The second kappa shape index (κ2) is 15.3. The van der Waals surface area contributed by atoms with E-state index in [0.29, 0.717) is 12.0 Å². The zero-order valence-corrected chi connectivity index (χ0v) is 27.9. The van der Waals surface area contributed by atoms with E-state index in [2.05, 4.69) is 21.2 Å². The van der Waals surface area contributed by atoms with Crippen LogP contribution in [0, 0.1) is 12.7 Å². The van der Waals surface area contributed by atoms with Crippen molar-refractivity contribution in [2.75, 3.05) is 10.8 Å². The Morgan fingerprint density at radius 3 is 2.09 bits per heavy atom. The first-order valence-electron chi connectivity index (χ1n) is 14.7. The van der Waals surface area contributed by atoms with Crippen LogP contribution in [0.1, 0.15) is 37.0 Å². The van der Waals surface area contributed by atoms with E-state index in [-0.39, 0.29) is 35.5 Å². The summed E-state index contributed by atoms with van der Waals surface area (Å²) in [4.78, 5) is 29.7. The molecule has 0 aliphatic heterocycles. The number of carbonyl (C=O) groups is 2. The smallest absolute Gasteiger partial charge is 0.264 e. The van der Waals surface area contributed by atoms with Gasteiger partial charge in [-0.3, -0.25) is 13.9 Å². The lowest BCUT2D eigenvalue weighted by atomic mass is 10.0. The maximum atomic E-state index is 14.4. The molecule has 10 heteroatoms. The Balaban J connectivity index is 1.80. The molecular formula is C35H37BrFN3O4S. The first-order chi connectivity index (χ1) is 21.5. The number of sulfonamides is 1. The van der Waals surface area contributed by atoms with Crippen molar-refractivity contribution in [1.29, 1.82) is 0 Å². The van der Waals surface area contributed by atoms with Crippen molar-refractivity contribution in [2.45, 2.75) is 57.1 Å². The van der Waals surface area contributed by atoms with Gasteiger partial charge in [-0.05, 0) is 79.9 Å². The molecule has 0 aliphatic rings. The predicted molar refractivity (Wildman–Crippen MR) is 179 cm³/mol. The summed E-state index contributed by atoms with van der Waals surface area (Å²) in [6.45, 7) is 5.08. The lowest BCUT2D eigenvalue weighted by molar-refractivity contribution is -0.140. The highest BCUT2D eigenvalue weighted by atomic mass is 79.9. The van der Waals surface area contributed by atoms with Crippen LogP contribution in [0.5, 0.6) is 0 Å². The van der Waals surface area contributed by atoms with Gasteiger partial charge in [-0.15, -0.1) is 0 Å². The van der Waals surface area contributed by atoms with Crippen molar-refractivity contribution in [3.05, 3.63) is 130 Å². The van der Waals surface area contributed by atoms with Gasteiger partial charge < -0.3 is 10.2 Å². The van der Waals surface area contributed by atoms with Crippen molar-refractivity contribution >= 4 is 43.5 Å². The van der Waals surface area contributed by atoms with E-state index < -0.39 is 34.3 Å². The van der Waals surface area contributed by atoms with Gasteiger partial charge in [0.15, 0.2) is 0 Å². The van der Waals surface area contributed by atoms with Crippen LogP contribution in [0.15, 0.2) is 112 Å². The van der Waals surface area contributed by atoms with Gasteiger partial charge in [-0.2, -0.15) is 0 Å². The molecule has 236 valence electrons. The maximum Gasteiger partial charge on any atom is 0.264 e. The minimum Gasteiger partial charge on any atom is -0.352 e. The molecule has 0 spiro atoms. The zero-order valence-electron chi connectivity index (χ0n) is 25.5. The van der Waals surface area contributed by atoms with Gasteiger partial charge in [0, 0.05) is 23.5 Å². The molecule has 2 amide bonds. The molecule has 0 bridgehead atoms. The standard InChI is InChI=1S/C35H37BrFN3O4S/c1-4-26(3)38-35(42)33(22-27-8-6-5-7-9-27)39(23-28-12-16-30(37)17-13-28)34(41)24-40(31-18-14-29(36)15-19-31)45(43,44)32-20-10-25(2)11-21-32/h5-21,26,33H,4,22-24H2,1-3H3,(H,38,42)/t26-,33-/m1/s1. The number of nitrogens with one attached hydrogen (secondary N) is 1. The van der Waals surface area contributed by atoms with Crippen LogP contribution in [-0.2, 0) is 32.6 Å². The normalized spacial score (nSPS) is 12.6. The molecule has 0 aromatic heterocycles. The molecule has 4 aromatic carbocycles. The molecule has 0 unspecified atom stereocenters. The Kier molecular flexibility index (Phi) is 11.5. The molecule has 0 radical (unpaired) electrons. The van der Waals surface area contributed by atoms with Crippen LogP contribution in [-0.4, -0.2) is 43.8 Å². The number of hydrogen-bond acceptors (Lipinski definition) is 4. The number of carbonyl (C=O) groups excluding carboxylic acids is 2. The van der Waals surface area contributed by atoms with Crippen molar-refractivity contribution < 1.29 is 22.4 Å². The van der Waals surface area contributed by atoms with Gasteiger partial charge >= 0.3 is 0 Å². The van der Waals surface area contributed by atoms with E-state index in [1.165, 1.54) is 29.2 Å². The van der Waals surface area contributed by atoms with Crippen molar-refractivity contribution in [3.8, 4) is 0 Å². The van der Waals surface area contributed by atoms with Gasteiger partial charge in [-0.25, -0.2) is 12.8 Å². The molecule has 0 aliphatic carbocycles. The molecule has 0 heterocycles. The first kappa shape index (κ1) is 33.9. The first-order valence-corrected chi connectivity index (χ1v) is 16.9. The lowest BCUT2D eigenvalue weighted by Gasteiger charge is -2.34. The van der Waals surface area contributed by atoms with E-state index in [0.717, 1.165) is 19.9 Å². The van der Waals surface area contributed by atoms with Crippen LogP contribution in [0.4, 0.5) is 10.1 Å². The van der Waals surface area contributed by atoms with E-state index in [1.54, 1.807) is 48.5 Å². The predicted octanol–water partition coefficient (Wildman–Crippen LogP) is 6.65. The molecular weight excluding hydrogens is 657 g/mol. The SMILES string of the molecule is CC[C@@H](C)NC(=O)[C@@H](Cc1ccccc1)N(Cc1ccc(F)cc1)C(=O)CN(c1ccc(Br)cc1)S(=O)(=O)c1ccc(C)cc1. The molecule has 4 rings (SSSR count). The van der Waals surface area contributed by atoms with Gasteiger partial charge in [-0.1, -0.05) is 83.0 Å². The monoisotopic (exact) mass is 693 g/mol. The van der Waals surface area contributed by atoms with Crippen LogP contribution in [0.25, 0.3) is 0 Å². The largest absolute Gasteiger partial charge is 0.352 e. The summed E-state index contributed by atoms with van der Waals surface area (Å²) in [5.74, 6) is -1.38. The summed E-state index contributed by atoms with van der Waals surface area (Å²) in [6, 6.07) is 26.9. The van der Waals surface area contributed by atoms with E-state index in [1.807, 2.05) is 51.1 Å². The molecule has 2 atom stereocenters. The fourth-order valence-electron chi connectivity index (χ4n) is 4.76. The summed E-state index contributed by atoms with van der Waals surface area (Å²) in [7, 11) is -4.20. The Morgan fingerprint density at radius 2 is 1.49 bits per heavy atom. The molecule has 7 nitrogen and oxygen atoms in total. The molecule has 0 fully saturated rings. The highest BCUT2D eigenvalue weighted by molar-refractivity contribution is 9.10. The second-order valence-corrected chi connectivity index (χ2v) is 13.8. The summed E-state index contributed by atoms with van der Waals surface area (Å²) >= 11 is 3.39. The lowest BCUT2D eigenvalue weighted by Crippen LogP contribution is -2.54. The van der Waals surface area contributed by atoms with Crippen molar-refractivity contribution in [1.82, 2.24) is 10.2 Å². The number of anilines is 1. The number of halogens is 2. The number of hydrogen-bond donors (Lipinski definition) is 1. The van der Waals surface area contributed by atoms with E-state index in [9.17, 15) is 22.4 Å². The number of benzene rings is 4. The minimum atomic E-state index is -4.20. The van der Waals surface area contributed by atoms with Crippen LogP contribution in [0.2, 0.25) is 0 Å². The summed E-state index contributed by atoms with van der Waals surface area (Å²) in [6.07, 6.45) is 0.876. The molecule has 45 heavy (non-hydrogen) atoms. The number of rotatable bonds is 13. The third-order valence-electron chi connectivity index (χ3n) is 7.54. The summed E-state index contributed by atoms with van der Waals surface area (Å²) < 4.78 is 43.8. The summed E-state index contributed by atoms with van der Waals surface area (Å²) in [5, 5.41) is 3.00. The Hall–Kier alpha value is -4.02. The molecule has 0 saturated carbocycles. The van der Waals surface area contributed by atoms with Crippen molar-refractivity contribution in [3.63, 3.8) is 0 Å². The Bertz CT molecular complexity index is 1680. The highest BCUT2D eigenvalue weighted by Crippen LogP contribution is 2.27. The van der Waals surface area contributed by atoms with Crippen LogP contribution >= 0.6 is 15.9 Å². The number of aryl methyl sites for hydroxylation is 1. The number of nitrogens with zero attached hydrogens (tertiary/aromatic N) is 2. The maximum absolute atomic E-state index is 14.4. The zero-order chi connectivity index (χ0) is 32.6. The van der Waals surface area contributed by atoms with Gasteiger partial charge in [0.05, 0.1) is 10.6 Å². The molecule has 1 N–H and O–H groups in total. The second-order valence-electron chi connectivity index (χ2n) is 11.0. The van der Waals surface area contributed by atoms with Gasteiger partial charge in [0.1, 0.15) is 18.4 Å². The highest BCUT2D eigenvalue weighted by Gasteiger charge is 2.35. The van der Waals surface area contributed by atoms with E-state index in [4.69, 9.17) is 0 Å². The Morgan fingerprint density at radius 1 is 0.867 bits per heavy atom. The molecule has 4 aromatic rings.